The zero-order valence-electron chi connectivity index (χ0n) is 8.63. The van der Waals surface area contributed by atoms with Crippen molar-refractivity contribution < 1.29 is 9.72 Å². The molecule has 0 aromatic carbocycles. The van der Waals surface area contributed by atoms with Gasteiger partial charge in [0, 0.05) is 19.5 Å². The van der Waals surface area contributed by atoms with Crippen LogP contribution in [0, 0.1) is 10.1 Å². The van der Waals surface area contributed by atoms with Gasteiger partial charge >= 0.3 is 5.69 Å². The van der Waals surface area contributed by atoms with Gasteiger partial charge < -0.3 is 5.32 Å². The van der Waals surface area contributed by atoms with Crippen molar-refractivity contribution in [1.29, 1.82) is 0 Å². The molecule has 7 nitrogen and oxygen atoms in total. The molecule has 0 saturated heterocycles. The fourth-order valence-corrected chi connectivity index (χ4v) is 1.06. The summed E-state index contributed by atoms with van der Waals surface area (Å²) >= 11 is 0. The van der Waals surface area contributed by atoms with Crippen molar-refractivity contribution in [2.45, 2.75) is 13.0 Å². The molecule has 1 heterocycles. The largest absolute Gasteiger partial charge is 0.353 e. The molecule has 0 unspecified atom stereocenters. The molecule has 0 aliphatic rings. The van der Waals surface area contributed by atoms with Crippen LogP contribution in [-0.4, -0.2) is 27.2 Å². The van der Waals surface area contributed by atoms with E-state index in [0.717, 1.165) is 6.20 Å². The van der Waals surface area contributed by atoms with Gasteiger partial charge in [0.25, 0.3) is 0 Å². The predicted molar refractivity (Wildman–Crippen MR) is 56.7 cm³/mol. The first kappa shape index (κ1) is 11.9. The molecule has 1 aromatic rings. The lowest BCUT2D eigenvalue weighted by Crippen LogP contribution is -2.24. The fourth-order valence-electron chi connectivity index (χ4n) is 1.06. The Hall–Kier alpha value is -2.18. The van der Waals surface area contributed by atoms with Gasteiger partial charge in [-0.25, -0.2) is 0 Å². The molecule has 0 spiro atoms. The maximum absolute atomic E-state index is 11.2. The van der Waals surface area contributed by atoms with Crippen LogP contribution in [0.5, 0.6) is 0 Å². The van der Waals surface area contributed by atoms with Crippen LogP contribution in [0.3, 0.4) is 0 Å². The van der Waals surface area contributed by atoms with Gasteiger partial charge in [-0.15, -0.1) is 6.58 Å². The number of amides is 1. The number of aryl methyl sites for hydroxylation is 1. The predicted octanol–water partition coefficient (Wildman–Crippen LogP) is 0.484. The molecule has 1 N–H and O–H groups in total. The second-order valence-electron chi connectivity index (χ2n) is 3.06. The van der Waals surface area contributed by atoms with E-state index in [1.54, 1.807) is 6.08 Å². The maximum Gasteiger partial charge on any atom is 0.306 e. The zero-order chi connectivity index (χ0) is 12.0. The number of rotatable bonds is 6. The topological polar surface area (TPSA) is 90.1 Å². The van der Waals surface area contributed by atoms with Gasteiger partial charge in [0.15, 0.2) is 0 Å². The average molecular weight is 224 g/mol. The van der Waals surface area contributed by atoms with Crippen LogP contribution in [-0.2, 0) is 11.3 Å². The highest BCUT2D eigenvalue weighted by Gasteiger charge is 2.09. The highest BCUT2D eigenvalue weighted by atomic mass is 16.6. The first-order valence-electron chi connectivity index (χ1n) is 4.68. The number of hydrogen-bond acceptors (Lipinski definition) is 4. The lowest BCUT2D eigenvalue weighted by Gasteiger charge is -2.01. The van der Waals surface area contributed by atoms with Crippen molar-refractivity contribution in [3.8, 4) is 0 Å². The van der Waals surface area contributed by atoms with Gasteiger partial charge in [0.05, 0.1) is 4.92 Å². The third-order valence-corrected chi connectivity index (χ3v) is 1.84. The molecule has 86 valence electrons. The number of nitrogens with one attached hydrogen (secondary N) is 1. The van der Waals surface area contributed by atoms with Crippen LogP contribution in [0.25, 0.3) is 0 Å². The maximum atomic E-state index is 11.2. The lowest BCUT2D eigenvalue weighted by atomic mass is 10.4. The molecule has 7 heteroatoms. The second-order valence-corrected chi connectivity index (χ2v) is 3.06. The smallest absolute Gasteiger partial charge is 0.306 e. The Morgan fingerprint density at radius 3 is 3.06 bits per heavy atom. The van der Waals surface area contributed by atoms with E-state index in [-0.39, 0.29) is 18.0 Å². The Bertz CT molecular complexity index is 399. The third-order valence-electron chi connectivity index (χ3n) is 1.84. The number of nitro groups is 1. The van der Waals surface area contributed by atoms with Crippen molar-refractivity contribution in [2.75, 3.05) is 6.54 Å². The second kappa shape index (κ2) is 5.64. The normalized spacial score (nSPS) is 9.75. The van der Waals surface area contributed by atoms with Crippen molar-refractivity contribution in [1.82, 2.24) is 15.1 Å². The quantitative estimate of drug-likeness (QED) is 0.432. The SMILES string of the molecule is C=CCNC(=O)CCn1cc([N+](=O)[O-])cn1. The zero-order valence-corrected chi connectivity index (χ0v) is 8.63. The first-order valence-corrected chi connectivity index (χ1v) is 4.68. The molecule has 1 aromatic heterocycles. The van der Waals surface area contributed by atoms with Crippen LogP contribution in [0.2, 0.25) is 0 Å². The van der Waals surface area contributed by atoms with Gasteiger partial charge in [-0.05, 0) is 0 Å². The molecular formula is C9H12N4O3. The highest BCUT2D eigenvalue weighted by Crippen LogP contribution is 2.07. The fraction of sp³-hybridized carbons (Fsp3) is 0.333. The van der Waals surface area contributed by atoms with E-state index in [9.17, 15) is 14.9 Å². The highest BCUT2D eigenvalue weighted by molar-refractivity contribution is 5.75. The minimum absolute atomic E-state index is 0.0773. The van der Waals surface area contributed by atoms with E-state index in [4.69, 9.17) is 0 Å². The summed E-state index contributed by atoms with van der Waals surface area (Å²) in [6.07, 6.45) is 4.26. The van der Waals surface area contributed by atoms with Gasteiger partial charge in [-0.1, -0.05) is 6.08 Å². The summed E-state index contributed by atoms with van der Waals surface area (Å²) in [4.78, 5) is 21.0. The minimum atomic E-state index is -0.527. The van der Waals surface area contributed by atoms with E-state index < -0.39 is 4.92 Å². The summed E-state index contributed by atoms with van der Waals surface area (Å²) in [5.41, 5.74) is -0.0773. The number of carbonyl (C=O) groups is 1. The van der Waals surface area contributed by atoms with Crippen molar-refractivity contribution in [3.05, 3.63) is 35.2 Å². The van der Waals surface area contributed by atoms with Crippen molar-refractivity contribution in [3.63, 3.8) is 0 Å². The molecule has 0 fully saturated rings. The molecule has 0 atom stereocenters. The monoisotopic (exact) mass is 224 g/mol. The Labute approximate surface area is 91.9 Å². The Balaban J connectivity index is 2.39. The molecule has 0 radical (unpaired) electrons. The van der Waals surface area contributed by atoms with E-state index >= 15 is 0 Å². The van der Waals surface area contributed by atoms with E-state index in [2.05, 4.69) is 17.0 Å². The number of nitrogens with zero attached hydrogens (tertiary/aromatic N) is 3. The van der Waals surface area contributed by atoms with Crippen LogP contribution >= 0.6 is 0 Å². The van der Waals surface area contributed by atoms with E-state index in [0.29, 0.717) is 13.1 Å². The summed E-state index contributed by atoms with van der Waals surface area (Å²) in [7, 11) is 0. The van der Waals surface area contributed by atoms with Gasteiger partial charge in [-0.3, -0.25) is 19.6 Å². The molecule has 16 heavy (non-hydrogen) atoms. The summed E-state index contributed by atoms with van der Waals surface area (Å²) < 4.78 is 1.37. The van der Waals surface area contributed by atoms with Gasteiger partial charge in [-0.2, -0.15) is 5.10 Å². The molecule has 0 aliphatic heterocycles. The van der Waals surface area contributed by atoms with Crippen LogP contribution in [0.4, 0.5) is 5.69 Å². The number of aromatic nitrogens is 2. The molecule has 0 bridgehead atoms. The third kappa shape index (κ3) is 3.52. The summed E-state index contributed by atoms with van der Waals surface area (Å²) in [6, 6.07) is 0. The van der Waals surface area contributed by atoms with Crippen LogP contribution in [0.1, 0.15) is 6.42 Å². The van der Waals surface area contributed by atoms with E-state index in [1.165, 1.54) is 10.9 Å². The summed E-state index contributed by atoms with van der Waals surface area (Å²) in [6.45, 7) is 4.20. The number of carbonyl (C=O) groups excluding carboxylic acids is 1. The van der Waals surface area contributed by atoms with Crippen molar-refractivity contribution in [2.24, 2.45) is 0 Å². The Kier molecular flexibility index (Phi) is 4.19. The van der Waals surface area contributed by atoms with E-state index in [1.807, 2.05) is 0 Å². The number of hydrogen-bond donors (Lipinski definition) is 1. The first-order chi connectivity index (χ1) is 7.63. The Morgan fingerprint density at radius 2 is 2.50 bits per heavy atom. The lowest BCUT2D eigenvalue weighted by molar-refractivity contribution is -0.385. The summed E-state index contributed by atoms with van der Waals surface area (Å²) in [5, 5.41) is 16.7. The summed E-state index contributed by atoms with van der Waals surface area (Å²) in [5.74, 6) is -0.141. The minimum Gasteiger partial charge on any atom is -0.353 e. The molecule has 0 aliphatic carbocycles. The van der Waals surface area contributed by atoms with Crippen molar-refractivity contribution >= 4 is 11.6 Å². The molecule has 0 saturated carbocycles. The molecular weight excluding hydrogens is 212 g/mol. The molecule has 1 rings (SSSR count). The van der Waals surface area contributed by atoms with Crippen LogP contribution < -0.4 is 5.32 Å². The molecule has 1 amide bonds. The Morgan fingerprint density at radius 1 is 1.75 bits per heavy atom. The standard InChI is InChI=1S/C9H12N4O3/c1-2-4-10-9(14)3-5-12-7-8(6-11-12)13(15)16/h2,6-7H,1,3-5H2,(H,10,14). The van der Waals surface area contributed by atoms with Gasteiger partial charge in [0.1, 0.15) is 12.4 Å². The van der Waals surface area contributed by atoms with Gasteiger partial charge in [0.2, 0.25) is 5.91 Å². The van der Waals surface area contributed by atoms with Crippen LogP contribution in [0.15, 0.2) is 25.0 Å². The average Bonchev–Trinajstić information content (AvgIpc) is 2.72.